The molecule has 3 aromatic rings. The maximum atomic E-state index is 12.8. The minimum Gasteiger partial charge on any atom is -0.375 e. The van der Waals surface area contributed by atoms with Crippen LogP contribution in [0.4, 0.5) is 5.69 Å². The Morgan fingerprint density at radius 2 is 1.86 bits per heavy atom. The van der Waals surface area contributed by atoms with Gasteiger partial charge in [0.15, 0.2) is 12.3 Å². The summed E-state index contributed by atoms with van der Waals surface area (Å²) in [4.78, 5) is 12.8. The predicted octanol–water partition coefficient (Wildman–Crippen LogP) is 4.05. The van der Waals surface area contributed by atoms with E-state index in [4.69, 9.17) is 16.7 Å². The second kappa shape index (κ2) is 8.57. The molecule has 5 nitrogen and oxygen atoms in total. The maximum Gasteiger partial charge on any atom is 0.296 e. The number of halogens is 1. The lowest BCUT2D eigenvalue weighted by atomic mass is 10.1. The number of nitrogens with zero attached hydrogens (tertiary/aromatic N) is 3. The van der Waals surface area contributed by atoms with E-state index in [1.54, 1.807) is 24.3 Å². The molecular formula is C22H24ClN4O+. The lowest BCUT2D eigenvalue weighted by molar-refractivity contribution is -0.710. The quantitative estimate of drug-likeness (QED) is 0.506. The zero-order valence-corrected chi connectivity index (χ0v) is 16.5. The normalized spacial score (nSPS) is 13.6. The van der Waals surface area contributed by atoms with Gasteiger partial charge in [-0.2, -0.15) is 0 Å². The molecule has 0 saturated heterocycles. The van der Waals surface area contributed by atoms with E-state index in [1.807, 2.05) is 35.0 Å². The number of aromatic nitrogens is 3. The second-order valence-electron chi connectivity index (χ2n) is 7.10. The molecular weight excluding hydrogens is 372 g/mol. The Morgan fingerprint density at radius 3 is 2.64 bits per heavy atom. The van der Waals surface area contributed by atoms with Crippen molar-refractivity contribution in [3.05, 3.63) is 76.8 Å². The molecule has 144 valence electrons. The molecule has 2 aromatic carbocycles. The van der Waals surface area contributed by atoms with Crippen LogP contribution in [0.25, 0.3) is 0 Å². The average Bonchev–Trinajstić information content (AvgIpc) is 2.88. The topological polar surface area (TPSA) is 50.8 Å². The van der Waals surface area contributed by atoms with Gasteiger partial charge in [0.2, 0.25) is 5.82 Å². The van der Waals surface area contributed by atoms with E-state index in [-0.39, 0.29) is 12.3 Å². The van der Waals surface area contributed by atoms with Crippen LogP contribution in [0, 0.1) is 0 Å². The molecule has 4 rings (SSSR count). The van der Waals surface area contributed by atoms with Crippen molar-refractivity contribution in [3.63, 3.8) is 0 Å². The molecule has 0 bridgehead atoms. The number of hydrogen-bond acceptors (Lipinski definition) is 3. The molecule has 1 N–H and O–H groups in total. The molecule has 0 radical (unpaired) electrons. The Morgan fingerprint density at radius 1 is 1.07 bits per heavy atom. The van der Waals surface area contributed by atoms with Crippen LogP contribution in [0.1, 0.15) is 41.3 Å². The number of hydrogen-bond donors (Lipinski definition) is 1. The zero-order chi connectivity index (χ0) is 19.3. The predicted molar refractivity (Wildman–Crippen MR) is 110 cm³/mol. The van der Waals surface area contributed by atoms with Crippen molar-refractivity contribution in [2.75, 3.05) is 5.32 Å². The zero-order valence-electron chi connectivity index (χ0n) is 15.8. The van der Waals surface area contributed by atoms with Crippen molar-refractivity contribution in [2.45, 2.75) is 45.3 Å². The molecule has 1 aromatic heterocycles. The van der Waals surface area contributed by atoms with E-state index in [0.29, 0.717) is 17.1 Å². The smallest absolute Gasteiger partial charge is 0.296 e. The molecule has 2 heterocycles. The van der Waals surface area contributed by atoms with Gasteiger partial charge in [0.25, 0.3) is 5.82 Å². The monoisotopic (exact) mass is 395 g/mol. The van der Waals surface area contributed by atoms with Crippen molar-refractivity contribution in [2.24, 2.45) is 0 Å². The summed E-state index contributed by atoms with van der Waals surface area (Å²) in [5, 5.41) is 8.88. The first-order chi connectivity index (χ1) is 13.7. The Kier molecular flexibility index (Phi) is 5.72. The highest BCUT2D eigenvalue weighted by Crippen LogP contribution is 2.14. The van der Waals surface area contributed by atoms with Gasteiger partial charge in [-0.3, -0.25) is 4.79 Å². The second-order valence-corrected chi connectivity index (χ2v) is 7.54. The number of carbonyl (C=O) groups excluding carboxylic acids is 1. The fourth-order valence-corrected chi connectivity index (χ4v) is 3.77. The van der Waals surface area contributed by atoms with Crippen molar-refractivity contribution in [3.8, 4) is 0 Å². The Labute approximate surface area is 170 Å². The van der Waals surface area contributed by atoms with Crippen molar-refractivity contribution < 1.29 is 9.36 Å². The van der Waals surface area contributed by atoms with Gasteiger partial charge < -0.3 is 5.32 Å². The number of nitrogens with one attached hydrogen (secondary N) is 1. The molecule has 0 atom stereocenters. The molecule has 6 heteroatoms. The summed E-state index contributed by atoms with van der Waals surface area (Å²) in [7, 11) is 0. The average molecular weight is 396 g/mol. The molecule has 0 unspecified atom stereocenters. The van der Waals surface area contributed by atoms with Crippen LogP contribution in [0.15, 0.2) is 54.6 Å². The molecule has 28 heavy (non-hydrogen) atoms. The largest absolute Gasteiger partial charge is 0.375 e. The van der Waals surface area contributed by atoms with Gasteiger partial charge in [-0.05, 0) is 55.7 Å². The van der Waals surface area contributed by atoms with Crippen LogP contribution < -0.4 is 9.88 Å². The van der Waals surface area contributed by atoms with E-state index >= 15 is 0 Å². The summed E-state index contributed by atoms with van der Waals surface area (Å²) >= 11 is 5.94. The highest BCUT2D eigenvalue weighted by atomic mass is 35.5. The Bertz CT molecular complexity index is 951. The van der Waals surface area contributed by atoms with Gasteiger partial charge in [-0.25, -0.2) is 4.57 Å². The van der Waals surface area contributed by atoms with Crippen LogP contribution >= 0.6 is 11.6 Å². The van der Waals surface area contributed by atoms with Crippen molar-refractivity contribution >= 4 is 23.1 Å². The minimum absolute atomic E-state index is 0.0504. The first-order valence-corrected chi connectivity index (χ1v) is 10.1. The van der Waals surface area contributed by atoms with Crippen LogP contribution in [0.3, 0.4) is 0 Å². The first-order valence-electron chi connectivity index (χ1n) is 9.77. The third kappa shape index (κ3) is 4.25. The van der Waals surface area contributed by atoms with E-state index in [1.165, 1.54) is 6.42 Å². The third-order valence-corrected chi connectivity index (χ3v) is 5.38. The lowest BCUT2D eigenvalue weighted by Crippen LogP contribution is -2.41. The SMILES string of the molecule is O=C(Cn1nc(CNc2ccccc2)[n+]2c1CCCCC2)c1ccc(Cl)cc1. The summed E-state index contributed by atoms with van der Waals surface area (Å²) in [6.07, 6.45) is 4.43. The third-order valence-electron chi connectivity index (χ3n) is 5.12. The van der Waals surface area contributed by atoms with E-state index in [9.17, 15) is 4.79 Å². The summed E-state index contributed by atoms with van der Waals surface area (Å²) in [6, 6.07) is 17.2. The number of benzene rings is 2. The van der Waals surface area contributed by atoms with Gasteiger partial charge in [-0.1, -0.05) is 29.8 Å². The van der Waals surface area contributed by atoms with Gasteiger partial charge >= 0.3 is 0 Å². The molecule has 0 amide bonds. The van der Waals surface area contributed by atoms with Gasteiger partial charge in [-0.15, -0.1) is 4.68 Å². The number of ketones is 1. The number of carbonyl (C=O) groups is 1. The molecule has 0 fully saturated rings. The van der Waals surface area contributed by atoms with Gasteiger partial charge in [0.05, 0.1) is 6.54 Å². The van der Waals surface area contributed by atoms with Crippen LogP contribution in [0.5, 0.6) is 0 Å². The molecule has 0 saturated carbocycles. The number of anilines is 1. The highest BCUT2D eigenvalue weighted by molar-refractivity contribution is 6.30. The van der Waals surface area contributed by atoms with Crippen LogP contribution in [-0.4, -0.2) is 15.6 Å². The summed E-state index contributed by atoms with van der Waals surface area (Å²) < 4.78 is 4.18. The standard InChI is InChI=1S/C22H24ClN4O/c23-18-12-10-17(11-13-18)20(28)16-27-22-9-5-2-6-14-26(22)21(25-27)15-24-19-7-3-1-4-8-19/h1,3-4,7-8,10-13,24H,2,5-6,9,14-16H2/q+1. The Balaban J connectivity index is 1.57. The lowest BCUT2D eigenvalue weighted by Gasteiger charge is -2.04. The summed E-state index contributed by atoms with van der Waals surface area (Å²) in [6.45, 7) is 1.84. The highest BCUT2D eigenvalue weighted by Gasteiger charge is 2.28. The number of para-hydroxylation sites is 1. The molecule has 0 spiro atoms. The first kappa shape index (κ1) is 18.7. The van der Waals surface area contributed by atoms with Crippen molar-refractivity contribution in [1.29, 1.82) is 0 Å². The van der Waals surface area contributed by atoms with Crippen LogP contribution in [-0.2, 0) is 26.1 Å². The van der Waals surface area contributed by atoms with Gasteiger partial charge in [0, 0.05) is 27.8 Å². The summed E-state index contributed by atoms with van der Waals surface area (Å²) in [5.41, 5.74) is 1.73. The Hall–Kier alpha value is -2.66. The fourth-order valence-electron chi connectivity index (χ4n) is 3.65. The summed E-state index contributed by atoms with van der Waals surface area (Å²) in [5.74, 6) is 2.17. The van der Waals surface area contributed by atoms with E-state index < -0.39 is 0 Å². The van der Waals surface area contributed by atoms with Crippen molar-refractivity contribution in [1.82, 2.24) is 9.78 Å². The number of fused-ring (bicyclic) bond motifs is 1. The minimum atomic E-state index is 0.0504. The molecule has 1 aliphatic heterocycles. The molecule has 1 aliphatic rings. The van der Waals surface area contributed by atoms with Gasteiger partial charge in [0.1, 0.15) is 6.54 Å². The molecule has 0 aliphatic carbocycles. The van der Waals surface area contributed by atoms with E-state index in [0.717, 1.165) is 43.1 Å². The number of rotatable bonds is 6. The van der Waals surface area contributed by atoms with E-state index in [2.05, 4.69) is 9.88 Å². The fraction of sp³-hybridized carbons (Fsp3) is 0.318. The number of Topliss-reactive ketones (excluding diaryl/α,β-unsaturated/α-hetero) is 1. The van der Waals surface area contributed by atoms with Crippen LogP contribution in [0.2, 0.25) is 5.02 Å². The maximum absolute atomic E-state index is 12.8.